The van der Waals surface area contributed by atoms with Crippen LogP contribution in [0.1, 0.15) is 36.2 Å². The molecule has 0 bridgehead atoms. The molecule has 2 aromatic rings. The molecule has 1 aromatic heterocycles. The van der Waals surface area contributed by atoms with Crippen LogP contribution in [0.4, 0.5) is 5.69 Å². The minimum Gasteiger partial charge on any atom is -0.381 e. The van der Waals surface area contributed by atoms with Crippen molar-refractivity contribution in [3.8, 4) is 0 Å². The van der Waals surface area contributed by atoms with E-state index in [1.165, 1.54) is 0 Å². The highest BCUT2D eigenvalue weighted by atomic mass is 16.1. The van der Waals surface area contributed by atoms with Crippen LogP contribution in [-0.4, -0.2) is 22.2 Å². The van der Waals surface area contributed by atoms with Gasteiger partial charge in [0.25, 0.3) is 5.91 Å². The van der Waals surface area contributed by atoms with Gasteiger partial charge in [0.2, 0.25) is 0 Å². The Morgan fingerprint density at radius 2 is 2.19 bits per heavy atom. The molecule has 112 valence electrons. The number of carbonyl (C=O) groups excluding carboxylic acids is 1. The summed E-state index contributed by atoms with van der Waals surface area (Å²) in [6, 6.07) is 7.52. The number of carbonyl (C=O) groups is 1. The number of nitrogens with one attached hydrogen (secondary N) is 2. The fourth-order valence-corrected chi connectivity index (χ4v) is 2.09. The van der Waals surface area contributed by atoms with Crippen LogP contribution >= 0.6 is 0 Å². The Labute approximate surface area is 125 Å². The number of aryl methyl sites for hydroxylation is 1. The van der Waals surface area contributed by atoms with Crippen LogP contribution in [0.5, 0.6) is 0 Å². The van der Waals surface area contributed by atoms with E-state index in [2.05, 4.69) is 22.7 Å². The highest BCUT2D eigenvalue weighted by Crippen LogP contribution is 2.12. The molecule has 0 radical (unpaired) electrons. The molecule has 5 nitrogen and oxygen atoms in total. The molecule has 1 amide bonds. The number of rotatable bonds is 7. The van der Waals surface area contributed by atoms with Gasteiger partial charge >= 0.3 is 0 Å². The van der Waals surface area contributed by atoms with E-state index in [4.69, 9.17) is 0 Å². The number of hydrogen-bond donors (Lipinski definition) is 2. The lowest BCUT2D eigenvalue weighted by molar-refractivity contribution is 0.0956. The van der Waals surface area contributed by atoms with Crippen LogP contribution in [0.2, 0.25) is 0 Å². The SMILES string of the molecule is CCCn1cc(CNc2cccc(C(=O)NCC)c2)cn1. The molecule has 21 heavy (non-hydrogen) atoms. The highest BCUT2D eigenvalue weighted by molar-refractivity contribution is 5.95. The van der Waals surface area contributed by atoms with Gasteiger partial charge in [-0.05, 0) is 31.5 Å². The lowest BCUT2D eigenvalue weighted by atomic mass is 10.2. The number of hydrogen-bond acceptors (Lipinski definition) is 3. The van der Waals surface area contributed by atoms with Crippen LogP contribution < -0.4 is 10.6 Å². The summed E-state index contributed by atoms with van der Waals surface area (Å²) in [6.45, 7) is 6.31. The third-order valence-corrected chi connectivity index (χ3v) is 3.10. The topological polar surface area (TPSA) is 59.0 Å². The summed E-state index contributed by atoms with van der Waals surface area (Å²) >= 11 is 0. The number of aromatic nitrogens is 2. The molecular weight excluding hydrogens is 264 g/mol. The van der Waals surface area contributed by atoms with E-state index in [0.717, 1.165) is 24.2 Å². The van der Waals surface area contributed by atoms with Crippen molar-refractivity contribution < 1.29 is 4.79 Å². The minimum absolute atomic E-state index is 0.0445. The second-order valence-electron chi connectivity index (χ2n) is 4.91. The van der Waals surface area contributed by atoms with Crippen LogP contribution in [0.25, 0.3) is 0 Å². The van der Waals surface area contributed by atoms with Crippen LogP contribution in [0.3, 0.4) is 0 Å². The summed E-state index contributed by atoms with van der Waals surface area (Å²) in [4.78, 5) is 11.8. The summed E-state index contributed by atoms with van der Waals surface area (Å²) in [5, 5.41) is 10.4. The molecule has 0 saturated heterocycles. The molecule has 0 saturated carbocycles. The van der Waals surface area contributed by atoms with Crippen LogP contribution in [-0.2, 0) is 13.1 Å². The fraction of sp³-hybridized carbons (Fsp3) is 0.375. The molecule has 0 aliphatic rings. The third kappa shape index (κ3) is 4.34. The summed E-state index contributed by atoms with van der Waals surface area (Å²) in [7, 11) is 0. The average molecular weight is 286 g/mol. The Morgan fingerprint density at radius 3 is 2.95 bits per heavy atom. The van der Waals surface area contributed by atoms with Gasteiger partial charge in [-0.25, -0.2) is 0 Å². The summed E-state index contributed by atoms with van der Waals surface area (Å²) < 4.78 is 1.95. The van der Waals surface area contributed by atoms with E-state index in [-0.39, 0.29) is 5.91 Å². The Bertz CT molecular complexity index is 591. The third-order valence-electron chi connectivity index (χ3n) is 3.10. The van der Waals surface area contributed by atoms with Gasteiger partial charge in [0.05, 0.1) is 6.20 Å². The maximum Gasteiger partial charge on any atom is 0.251 e. The normalized spacial score (nSPS) is 10.4. The molecule has 2 N–H and O–H groups in total. The smallest absolute Gasteiger partial charge is 0.251 e. The summed E-state index contributed by atoms with van der Waals surface area (Å²) in [5.74, 6) is -0.0445. The first-order chi connectivity index (χ1) is 10.2. The summed E-state index contributed by atoms with van der Waals surface area (Å²) in [5.41, 5.74) is 2.73. The molecule has 1 aromatic carbocycles. The van der Waals surface area contributed by atoms with Crippen molar-refractivity contribution in [2.75, 3.05) is 11.9 Å². The predicted octanol–water partition coefficient (Wildman–Crippen LogP) is 2.65. The summed E-state index contributed by atoms with van der Waals surface area (Å²) in [6.07, 6.45) is 4.99. The number of amides is 1. The quantitative estimate of drug-likeness (QED) is 0.822. The number of nitrogens with zero attached hydrogens (tertiary/aromatic N) is 2. The maximum atomic E-state index is 11.8. The van der Waals surface area contributed by atoms with Gasteiger partial charge in [-0.2, -0.15) is 5.10 Å². The van der Waals surface area contributed by atoms with Crippen molar-refractivity contribution in [3.63, 3.8) is 0 Å². The van der Waals surface area contributed by atoms with Gasteiger partial charge in [0.15, 0.2) is 0 Å². The highest BCUT2D eigenvalue weighted by Gasteiger charge is 2.05. The Balaban J connectivity index is 1.96. The van der Waals surface area contributed by atoms with E-state index < -0.39 is 0 Å². The zero-order valence-electron chi connectivity index (χ0n) is 12.6. The molecule has 0 aliphatic carbocycles. The first kappa shape index (κ1) is 15.1. The fourth-order valence-electron chi connectivity index (χ4n) is 2.09. The molecule has 0 aliphatic heterocycles. The second kappa shape index (κ2) is 7.47. The predicted molar refractivity (Wildman–Crippen MR) is 84.3 cm³/mol. The van der Waals surface area contributed by atoms with Crippen molar-refractivity contribution in [2.24, 2.45) is 0 Å². The first-order valence-electron chi connectivity index (χ1n) is 7.36. The largest absolute Gasteiger partial charge is 0.381 e. The van der Waals surface area contributed by atoms with Crippen molar-refractivity contribution in [1.29, 1.82) is 0 Å². The molecule has 0 atom stereocenters. The molecule has 1 heterocycles. The van der Waals surface area contributed by atoms with Crippen molar-refractivity contribution >= 4 is 11.6 Å². The molecule has 2 rings (SSSR count). The van der Waals surface area contributed by atoms with Gasteiger partial charge in [-0.15, -0.1) is 0 Å². The van der Waals surface area contributed by atoms with Gasteiger partial charge in [0, 0.05) is 42.6 Å². The molecule has 0 spiro atoms. The molecular formula is C16H22N4O. The van der Waals surface area contributed by atoms with E-state index in [0.29, 0.717) is 18.7 Å². The Kier molecular flexibility index (Phi) is 5.37. The van der Waals surface area contributed by atoms with Crippen molar-refractivity contribution in [1.82, 2.24) is 15.1 Å². The number of benzene rings is 1. The van der Waals surface area contributed by atoms with Crippen LogP contribution in [0, 0.1) is 0 Å². The lowest BCUT2D eigenvalue weighted by Gasteiger charge is -2.07. The van der Waals surface area contributed by atoms with Gasteiger partial charge in [-0.3, -0.25) is 9.48 Å². The van der Waals surface area contributed by atoms with Gasteiger partial charge < -0.3 is 10.6 Å². The Morgan fingerprint density at radius 1 is 1.33 bits per heavy atom. The van der Waals surface area contributed by atoms with E-state index in [1.807, 2.05) is 48.3 Å². The molecule has 0 fully saturated rings. The van der Waals surface area contributed by atoms with Gasteiger partial charge in [-0.1, -0.05) is 13.0 Å². The average Bonchev–Trinajstić information content (AvgIpc) is 2.94. The Hall–Kier alpha value is -2.30. The first-order valence-corrected chi connectivity index (χ1v) is 7.36. The monoisotopic (exact) mass is 286 g/mol. The molecule has 0 unspecified atom stereocenters. The lowest BCUT2D eigenvalue weighted by Crippen LogP contribution is -2.22. The molecule has 5 heteroatoms. The van der Waals surface area contributed by atoms with E-state index in [9.17, 15) is 4.79 Å². The number of anilines is 1. The standard InChI is InChI=1S/C16H22N4O/c1-3-8-20-12-13(11-19-20)10-18-15-7-5-6-14(9-15)16(21)17-4-2/h5-7,9,11-12,18H,3-4,8,10H2,1-2H3,(H,17,21). The van der Waals surface area contributed by atoms with Crippen LogP contribution in [0.15, 0.2) is 36.7 Å². The van der Waals surface area contributed by atoms with Crippen molar-refractivity contribution in [2.45, 2.75) is 33.4 Å². The van der Waals surface area contributed by atoms with Crippen molar-refractivity contribution in [3.05, 3.63) is 47.8 Å². The zero-order valence-corrected chi connectivity index (χ0v) is 12.6. The second-order valence-corrected chi connectivity index (χ2v) is 4.91. The maximum absolute atomic E-state index is 11.8. The minimum atomic E-state index is -0.0445. The zero-order chi connectivity index (χ0) is 15.1. The van der Waals surface area contributed by atoms with E-state index in [1.54, 1.807) is 0 Å². The van der Waals surface area contributed by atoms with E-state index >= 15 is 0 Å². The van der Waals surface area contributed by atoms with Gasteiger partial charge in [0.1, 0.15) is 0 Å².